The summed E-state index contributed by atoms with van der Waals surface area (Å²) >= 11 is 3.45. The molecule has 1 heterocycles. The van der Waals surface area contributed by atoms with E-state index in [2.05, 4.69) is 28.2 Å². The van der Waals surface area contributed by atoms with Crippen LogP contribution in [0.5, 0.6) is 17.2 Å². The van der Waals surface area contributed by atoms with Gasteiger partial charge in [-0.3, -0.25) is 14.9 Å². The molecule has 0 aromatic heterocycles. The quantitative estimate of drug-likeness (QED) is 0.151. The number of hydrogen-bond donors (Lipinski definition) is 1. The number of nitrogens with one attached hydrogen (secondary N) is 1. The lowest BCUT2D eigenvalue weighted by Gasteiger charge is -2.27. The van der Waals surface area contributed by atoms with E-state index in [1.165, 1.54) is 44.9 Å². The zero-order valence-corrected chi connectivity index (χ0v) is 23.8. The van der Waals surface area contributed by atoms with Crippen LogP contribution in [0.3, 0.4) is 0 Å². The Labute approximate surface area is 232 Å². The number of halogens is 1. The number of urea groups is 1. The summed E-state index contributed by atoms with van der Waals surface area (Å²) < 4.78 is 17.8. The Bertz CT molecular complexity index is 1180. The molecule has 4 amide bonds. The number of barbiturate groups is 1. The normalized spacial score (nSPS) is 14.6. The number of methoxy groups -OCH3 is 1. The van der Waals surface area contributed by atoms with Gasteiger partial charge < -0.3 is 14.2 Å². The van der Waals surface area contributed by atoms with Crippen LogP contribution in [-0.2, 0) is 9.59 Å². The van der Waals surface area contributed by atoms with E-state index < -0.39 is 17.8 Å². The topological polar surface area (TPSA) is 94.2 Å². The first kappa shape index (κ1) is 29.2. The van der Waals surface area contributed by atoms with Crippen LogP contribution in [0.4, 0.5) is 10.5 Å². The van der Waals surface area contributed by atoms with Gasteiger partial charge in [0.25, 0.3) is 11.8 Å². The van der Waals surface area contributed by atoms with Crippen molar-refractivity contribution in [1.29, 1.82) is 0 Å². The highest BCUT2D eigenvalue weighted by molar-refractivity contribution is 9.10. The summed E-state index contributed by atoms with van der Waals surface area (Å²) in [5, 5.41) is 2.26. The Morgan fingerprint density at radius 3 is 2.29 bits per heavy atom. The minimum Gasteiger partial charge on any atom is -0.493 e. The molecule has 0 bridgehead atoms. The fraction of sp³-hybridized carbons (Fsp3) is 0.414. The highest BCUT2D eigenvalue weighted by Crippen LogP contribution is 2.34. The molecule has 1 saturated heterocycles. The maximum absolute atomic E-state index is 13.4. The van der Waals surface area contributed by atoms with Crippen LogP contribution in [0.1, 0.15) is 64.4 Å². The van der Waals surface area contributed by atoms with E-state index in [0.29, 0.717) is 36.0 Å². The second-order valence-electron chi connectivity index (χ2n) is 8.94. The number of hydrogen-bond acceptors (Lipinski definition) is 6. The SMILES string of the molecule is CCCCCCCCOc1ccc(Br)cc1/C=C1/C(=O)NC(=O)N(c2ccc(OCCC)c(OC)c2)C1=O. The fourth-order valence-electron chi connectivity index (χ4n) is 4.00. The number of carbonyl (C=O) groups is 3. The summed E-state index contributed by atoms with van der Waals surface area (Å²) in [7, 11) is 1.48. The lowest BCUT2D eigenvalue weighted by Crippen LogP contribution is -2.54. The number of ether oxygens (including phenoxy) is 3. The van der Waals surface area contributed by atoms with Gasteiger partial charge in [0, 0.05) is 16.1 Å². The van der Waals surface area contributed by atoms with Crippen molar-refractivity contribution in [3.63, 3.8) is 0 Å². The number of carbonyl (C=O) groups excluding carboxylic acids is 3. The Kier molecular flexibility index (Phi) is 11.2. The third-order valence-corrected chi connectivity index (χ3v) is 6.49. The van der Waals surface area contributed by atoms with Crippen molar-refractivity contribution >= 4 is 45.5 Å². The molecule has 1 aliphatic heterocycles. The lowest BCUT2D eigenvalue weighted by molar-refractivity contribution is -0.122. The Balaban J connectivity index is 1.83. The highest BCUT2D eigenvalue weighted by atomic mass is 79.9. The lowest BCUT2D eigenvalue weighted by atomic mass is 10.1. The van der Waals surface area contributed by atoms with Gasteiger partial charge >= 0.3 is 6.03 Å². The summed E-state index contributed by atoms with van der Waals surface area (Å²) in [6.45, 7) is 5.20. The molecule has 2 aromatic rings. The minimum atomic E-state index is -0.838. The molecule has 1 aliphatic rings. The van der Waals surface area contributed by atoms with Crippen LogP contribution in [0, 0.1) is 0 Å². The molecule has 0 saturated carbocycles. The molecule has 1 N–H and O–H groups in total. The van der Waals surface area contributed by atoms with Crippen LogP contribution < -0.4 is 24.4 Å². The molecular formula is C29H35BrN2O6. The molecule has 0 aliphatic carbocycles. The van der Waals surface area contributed by atoms with E-state index in [1.807, 2.05) is 13.0 Å². The van der Waals surface area contributed by atoms with Crippen LogP contribution in [0.2, 0.25) is 0 Å². The zero-order chi connectivity index (χ0) is 27.5. The molecule has 0 atom stereocenters. The van der Waals surface area contributed by atoms with Gasteiger partial charge in [-0.25, -0.2) is 9.69 Å². The predicted octanol–water partition coefficient (Wildman–Crippen LogP) is 6.65. The average Bonchev–Trinajstić information content (AvgIpc) is 2.90. The Morgan fingerprint density at radius 1 is 0.842 bits per heavy atom. The first-order chi connectivity index (χ1) is 18.4. The largest absolute Gasteiger partial charge is 0.493 e. The van der Waals surface area contributed by atoms with E-state index >= 15 is 0 Å². The zero-order valence-electron chi connectivity index (χ0n) is 22.2. The van der Waals surface area contributed by atoms with Crippen LogP contribution >= 0.6 is 15.9 Å². The third-order valence-electron chi connectivity index (χ3n) is 6.00. The summed E-state index contributed by atoms with van der Waals surface area (Å²) in [6.07, 6.45) is 9.10. The van der Waals surface area contributed by atoms with Crippen molar-refractivity contribution in [1.82, 2.24) is 5.32 Å². The van der Waals surface area contributed by atoms with Crippen LogP contribution in [-0.4, -0.2) is 38.2 Å². The van der Waals surface area contributed by atoms with Gasteiger partial charge in [0.05, 0.1) is 26.0 Å². The predicted molar refractivity (Wildman–Crippen MR) is 151 cm³/mol. The average molecular weight is 588 g/mol. The van der Waals surface area contributed by atoms with Crippen molar-refractivity contribution in [3.05, 3.63) is 52.0 Å². The molecule has 204 valence electrons. The van der Waals surface area contributed by atoms with Crippen molar-refractivity contribution in [2.24, 2.45) is 0 Å². The van der Waals surface area contributed by atoms with Gasteiger partial charge in [0.15, 0.2) is 11.5 Å². The summed E-state index contributed by atoms with van der Waals surface area (Å²) in [4.78, 5) is 39.8. The van der Waals surface area contributed by atoms with Gasteiger partial charge in [0.2, 0.25) is 0 Å². The fourth-order valence-corrected chi connectivity index (χ4v) is 4.38. The van der Waals surface area contributed by atoms with Gasteiger partial charge in [0.1, 0.15) is 11.3 Å². The van der Waals surface area contributed by atoms with E-state index in [9.17, 15) is 14.4 Å². The van der Waals surface area contributed by atoms with E-state index in [1.54, 1.807) is 24.3 Å². The Hall–Kier alpha value is -3.33. The van der Waals surface area contributed by atoms with Gasteiger partial charge in [-0.2, -0.15) is 0 Å². The van der Waals surface area contributed by atoms with Crippen molar-refractivity contribution in [2.45, 2.75) is 58.8 Å². The van der Waals surface area contributed by atoms with Crippen molar-refractivity contribution < 1.29 is 28.6 Å². The molecule has 0 spiro atoms. The van der Waals surface area contributed by atoms with E-state index in [-0.39, 0.29) is 11.3 Å². The molecule has 38 heavy (non-hydrogen) atoms. The maximum Gasteiger partial charge on any atom is 0.335 e. The molecule has 3 rings (SSSR count). The molecule has 9 heteroatoms. The van der Waals surface area contributed by atoms with Gasteiger partial charge in [-0.05, 0) is 49.2 Å². The van der Waals surface area contributed by atoms with Gasteiger partial charge in [-0.15, -0.1) is 0 Å². The monoisotopic (exact) mass is 586 g/mol. The van der Waals surface area contributed by atoms with E-state index in [4.69, 9.17) is 14.2 Å². The second-order valence-corrected chi connectivity index (χ2v) is 9.86. The Morgan fingerprint density at radius 2 is 1.55 bits per heavy atom. The molecule has 0 unspecified atom stereocenters. The molecule has 2 aromatic carbocycles. The van der Waals surface area contributed by atoms with Gasteiger partial charge in [-0.1, -0.05) is 61.9 Å². The minimum absolute atomic E-state index is 0.183. The number of anilines is 1. The molecule has 0 radical (unpaired) electrons. The standard InChI is InChI=1S/C29H35BrN2O6/c1-4-6-7-8-9-10-16-38-24-13-11-21(30)17-20(24)18-23-27(33)31-29(35)32(28(23)34)22-12-14-25(37-15-5-2)26(19-22)36-3/h11-14,17-19H,4-10,15-16H2,1-3H3,(H,31,33,35)/b23-18-. The summed E-state index contributed by atoms with van der Waals surface area (Å²) in [5.74, 6) is -0.0947. The summed E-state index contributed by atoms with van der Waals surface area (Å²) in [6, 6.07) is 9.31. The number of amides is 4. The maximum atomic E-state index is 13.4. The van der Waals surface area contributed by atoms with Crippen LogP contribution in [0.15, 0.2) is 46.4 Å². The third kappa shape index (κ3) is 7.60. The molecule has 8 nitrogen and oxygen atoms in total. The second kappa shape index (κ2) is 14.6. The first-order valence-electron chi connectivity index (χ1n) is 13.0. The highest BCUT2D eigenvalue weighted by Gasteiger charge is 2.37. The number of nitrogens with zero attached hydrogens (tertiary/aromatic N) is 1. The molecular weight excluding hydrogens is 552 g/mol. The first-order valence-corrected chi connectivity index (χ1v) is 13.8. The van der Waals surface area contributed by atoms with Crippen LogP contribution in [0.25, 0.3) is 6.08 Å². The number of benzene rings is 2. The number of imide groups is 2. The number of unbranched alkanes of at least 4 members (excludes halogenated alkanes) is 5. The smallest absolute Gasteiger partial charge is 0.335 e. The van der Waals surface area contributed by atoms with E-state index in [0.717, 1.165) is 28.6 Å². The molecule has 1 fully saturated rings. The summed E-state index contributed by atoms with van der Waals surface area (Å²) in [5.41, 5.74) is 0.622. The number of rotatable bonds is 14. The van der Waals surface area contributed by atoms with Crippen molar-refractivity contribution in [2.75, 3.05) is 25.2 Å². The van der Waals surface area contributed by atoms with Crippen molar-refractivity contribution in [3.8, 4) is 17.2 Å².